The second kappa shape index (κ2) is 6.39. The smallest absolute Gasteiger partial charge is 0.307 e. The molecule has 1 aliphatic carbocycles. The molecule has 0 saturated heterocycles. The molecule has 0 radical (unpaired) electrons. The summed E-state index contributed by atoms with van der Waals surface area (Å²) in [6.07, 6.45) is 9.28. The number of allylic oxidation sites excluding steroid dienone is 2. The summed E-state index contributed by atoms with van der Waals surface area (Å²) >= 11 is 0. The van der Waals surface area contributed by atoms with E-state index in [1.54, 1.807) is 0 Å². The molecule has 0 bridgehead atoms. The lowest BCUT2D eigenvalue weighted by molar-refractivity contribution is 0.406. The van der Waals surface area contributed by atoms with Gasteiger partial charge in [0.05, 0.1) is 15.8 Å². The van der Waals surface area contributed by atoms with Crippen LogP contribution in [0.1, 0.15) is 25.7 Å². The summed E-state index contributed by atoms with van der Waals surface area (Å²) in [5, 5.41) is 0.325. The summed E-state index contributed by atoms with van der Waals surface area (Å²) in [4.78, 5) is 27.5. The molecule has 1 aromatic heterocycles. The first kappa shape index (κ1) is 16.7. The van der Waals surface area contributed by atoms with Crippen LogP contribution in [0.25, 0.3) is 10.9 Å². The first-order valence-corrected chi connectivity index (χ1v) is 9.87. The van der Waals surface area contributed by atoms with Crippen LogP contribution in [0.2, 0.25) is 0 Å². The first-order chi connectivity index (χ1) is 11.4. The molecule has 1 aromatic carbocycles. The zero-order valence-electron chi connectivity index (χ0n) is 13.5. The van der Waals surface area contributed by atoms with E-state index in [2.05, 4.69) is 17.1 Å². The Labute approximate surface area is 139 Å². The summed E-state index contributed by atoms with van der Waals surface area (Å²) in [6, 6.07) is 4.20. The molecule has 24 heavy (non-hydrogen) atoms. The summed E-state index contributed by atoms with van der Waals surface area (Å²) in [6.45, 7) is 0.371. The number of rotatable bonds is 4. The number of aromatic amines is 1. The molecule has 1 atom stereocenters. The normalized spacial score (nSPS) is 18.1. The molecule has 7 heteroatoms. The second-order valence-corrected chi connectivity index (χ2v) is 8.32. The minimum Gasteiger partial charge on any atom is -0.307 e. The Morgan fingerprint density at radius 1 is 1.25 bits per heavy atom. The highest BCUT2D eigenvalue weighted by Gasteiger charge is 2.14. The van der Waals surface area contributed by atoms with Crippen molar-refractivity contribution in [1.29, 1.82) is 0 Å². The minimum absolute atomic E-state index is 0.0804. The number of fused-ring (bicyclic) bond motifs is 1. The number of hydrogen-bond acceptors (Lipinski definition) is 4. The predicted molar refractivity (Wildman–Crippen MR) is 93.0 cm³/mol. The maximum absolute atomic E-state index is 12.6. The van der Waals surface area contributed by atoms with Gasteiger partial charge in [-0.3, -0.25) is 9.36 Å². The molecule has 1 N–H and O–H groups in total. The zero-order valence-corrected chi connectivity index (χ0v) is 14.3. The Hall–Kier alpha value is -2.15. The van der Waals surface area contributed by atoms with Gasteiger partial charge in [-0.05, 0) is 49.8 Å². The topological polar surface area (TPSA) is 89.0 Å². The molecule has 0 fully saturated rings. The van der Waals surface area contributed by atoms with E-state index >= 15 is 0 Å². The van der Waals surface area contributed by atoms with Crippen molar-refractivity contribution < 1.29 is 8.42 Å². The van der Waals surface area contributed by atoms with Crippen LogP contribution >= 0.6 is 0 Å². The van der Waals surface area contributed by atoms with Crippen molar-refractivity contribution in [2.75, 3.05) is 6.26 Å². The molecule has 0 aliphatic heterocycles. The van der Waals surface area contributed by atoms with Crippen molar-refractivity contribution in [2.24, 2.45) is 5.92 Å². The van der Waals surface area contributed by atoms with Gasteiger partial charge in [0, 0.05) is 12.8 Å². The van der Waals surface area contributed by atoms with E-state index in [0.717, 1.165) is 31.9 Å². The molecule has 128 valence electrons. The molecule has 1 heterocycles. The summed E-state index contributed by atoms with van der Waals surface area (Å²) in [5.41, 5.74) is -0.616. The summed E-state index contributed by atoms with van der Waals surface area (Å²) < 4.78 is 24.4. The third-order valence-electron chi connectivity index (χ3n) is 4.52. The third-order valence-corrected chi connectivity index (χ3v) is 5.63. The molecule has 3 rings (SSSR count). The van der Waals surface area contributed by atoms with E-state index in [1.165, 1.54) is 22.8 Å². The van der Waals surface area contributed by atoms with Crippen LogP contribution in [0.5, 0.6) is 0 Å². The van der Waals surface area contributed by atoms with Crippen molar-refractivity contribution in [3.63, 3.8) is 0 Å². The maximum atomic E-state index is 12.6. The zero-order chi connectivity index (χ0) is 17.3. The standard InChI is InChI=1S/C17H20N2O4S/c1-24(22,23)13-7-8-14-15(11-13)18-17(21)19(16(14)20)10-9-12-5-3-2-4-6-12/h2-3,7-8,11-12H,4-6,9-10H2,1H3,(H,18,21). The van der Waals surface area contributed by atoms with E-state index in [0.29, 0.717) is 17.8 Å². The number of sulfone groups is 1. The Balaban J connectivity index is 1.96. The molecule has 0 saturated carbocycles. The van der Waals surface area contributed by atoms with Crippen LogP contribution in [0.4, 0.5) is 0 Å². The largest absolute Gasteiger partial charge is 0.328 e. The fourth-order valence-corrected chi connectivity index (χ4v) is 3.74. The number of benzene rings is 1. The monoisotopic (exact) mass is 348 g/mol. The lowest BCUT2D eigenvalue weighted by Gasteiger charge is -2.17. The average Bonchev–Trinajstić information content (AvgIpc) is 2.54. The van der Waals surface area contributed by atoms with Gasteiger partial charge in [0.1, 0.15) is 0 Å². The molecule has 6 nitrogen and oxygen atoms in total. The summed E-state index contributed by atoms with van der Waals surface area (Å²) in [5.74, 6) is 0.490. The van der Waals surface area contributed by atoms with Crippen LogP contribution in [-0.2, 0) is 16.4 Å². The summed E-state index contributed by atoms with van der Waals surface area (Å²) in [7, 11) is -3.39. The number of aromatic nitrogens is 2. The number of nitrogens with one attached hydrogen (secondary N) is 1. The second-order valence-electron chi connectivity index (χ2n) is 6.31. The van der Waals surface area contributed by atoms with Crippen molar-refractivity contribution in [3.8, 4) is 0 Å². The Bertz CT molecular complexity index is 1020. The van der Waals surface area contributed by atoms with Crippen molar-refractivity contribution in [2.45, 2.75) is 37.1 Å². The third kappa shape index (κ3) is 3.36. The fraction of sp³-hybridized carbons (Fsp3) is 0.412. The van der Waals surface area contributed by atoms with Crippen LogP contribution in [-0.4, -0.2) is 24.2 Å². The van der Waals surface area contributed by atoms with Crippen molar-refractivity contribution >= 4 is 20.7 Å². The van der Waals surface area contributed by atoms with Crippen LogP contribution < -0.4 is 11.2 Å². The Morgan fingerprint density at radius 3 is 2.71 bits per heavy atom. The molecular formula is C17H20N2O4S. The number of H-pyrrole nitrogens is 1. The Morgan fingerprint density at radius 2 is 2.04 bits per heavy atom. The fourth-order valence-electron chi connectivity index (χ4n) is 3.10. The highest BCUT2D eigenvalue weighted by molar-refractivity contribution is 7.90. The predicted octanol–water partition coefficient (Wildman–Crippen LogP) is 1.84. The van der Waals surface area contributed by atoms with Gasteiger partial charge in [0.15, 0.2) is 9.84 Å². The minimum atomic E-state index is -3.39. The van der Waals surface area contributed by atoms with Crippen LogP contribution in [0.15, 0.2) is 44.8 Å². The lowest BCUT2D eigenvalue weighted by atomic mass is 9.91. The molecular weight excluding hydrogens is 328 g/mol. The van der Waals surface area contributed by atoms with Gasteiger partial charge in [-0.2, -0.15) is 0 Å². The molecule has 1 aliphatic rings. The van der Waals surface area contributed by atoms with E-state index < -0.39 is 15.5 Å². The lowest BCUT2D eigenvalue weighted by Crippen LogP contribution is -2.35. The Kier molecular flexibility index (Phi) is 4.45. The number of hydrogen-bond donors (Lipinski definition) is 1. The quantitative estimate of drug-likeness (QED) is 0.854. The van der Waals surface area contributed by atoms with E-state index in [-0.39, 0.29) is 16.0 Å². The van der Waals surface area contributed by atoms with Crippen molar-refractivity contribution in [3.05, 3.63) is 51.2 Å². The van der Waals surface area contributed by atoms with Gasteiger partial charge < -0.3 is 4.98 Å². The highest BCUT2D eigenvalue weighted by Crippen LogP contribution is 2.21. The van der Waals surface area contributed by atoms with Crippen molar-refractivity contribution in [1.82, 2.24) is 9.55 Å². The van der Waals surface area contributed by atoms with Gasteiger partial charge in [0.25, 0.3) is 5.56 Å². The van der Waals surface area contributed by atoms with E-state index in [9.17, 15) is 18.0 Å². The van der Waals surface area contributed by atoms with E-state index in [1.807, 2.05) is 0 Å². The van der Waals surface area contributed by atoms with Gasteiger partial charge in [-0.15, -0.1) is 0 Å². The number of nitrogens with zero attached hydrogens (tertiary/aromatic N) is 1. The first-order valence-electron chi connectivity index (χ1n) is 7.98. The van der Waals surface area contributed by atoms with E-state index in [4.69, 9.17) is 0 Å². The van der Waals surface area contributed by atoms with Gasteiger partial charge in [0.2, 0.25) is 0 Å². The van der Waals surface area contributed by atoms with Crippen LogP contribution in [0, 0.1) is 5.92 Å². The highest BCUT2D eigenvalue weighted by atomic mass is 32.2. The van der Waals surface area contributed by atoms with Gasteiger partial charge in [-0.25, -0.2) is 13.2 Å². The maximum Gasteiger partial charge on any atom is 0.328 e. The molecule has 1 unspecified atom stereocenters. The van der Waals surface area contributed by atoms with Crippen LogP contribution in [0.3, 0.4) is 0 Å². The SMILES string of the molecule is CS(=O)(=O)c1ccc2c(=O)n(CCC3CC=CCC3)c(=O)[nH]c2c1. The molecule has 2 aromatic rings. The van der Waals surface area contributed by atoms with Gasteiger partial charge in [-0.1, -0.05) is 12.2 Å². The molecule has 0 spiro atoms. The average molecular weight is 348 g/mol. The van der Waals surface area contributed by atoms with Gasteiger partial charge >= 0.3 is 5.69 Å². The molecule has 0 amide bonds.